The van der Waals surface area contributed by atoms with Crippen LogP contribution in [0.15, 0.2) is 30.3 Å². The van der Waals surface area contributed by atoms with E-state index in [0.717, 1.165) is 12.2 Å². The molecule has 1 aromatic rings. The van der Waals surface area contributed by atoms with Crippen LogP contribution in [0.4, 0.5) is 0 Å². The summed E-state index contributed by atoms with van der Waals surface area (Å²) in [4.78, 5) is 10.8. The topological polar surface area (TPSA) is 49.3 Å². The zero-order valence-electron chi connectivity index (χ0n) is 8.81. The fourth-order valence-corrected chi connectivity index (χ4v) is 1.27. The number of hydrogen-bond donors (Lipinski definition) is 2. The van der Waals surface area contributed by atoms with E-state index in [1.807, 2.05) is 30.3 Å². The van der Waals surface area contributed by atoms with Crippen LogP contribution < -0.4 is 5.32 Å². The molecule has 0 radical (unpaired) electrons. The van der Waals surface area contributed by atoms with Gasteiger partial charge in [-0.15, -0.1) is 0 Å². The van der Waals surface area contributed by atoms with Crippen LogP contribution in [0.1, 0.15) is 12.5 Å². The molecule has 4 heteroatoms. The minimum absolute atomic E-state index is 0. The third-order valence-corrected chi connectivity index (χ3v) is 1.87. The summed E-state index contributed by atoms with van der Waals surface area (Å²) in [6.07, 6.45) is 0.608. The summed E-state index contributed by atoms with van der Waals surface area (Å²) >= 11 is 0. The van der Waals surface area contributed by atoms with Crippen molar-refractivity contribution in [1.29, 1.82) is 0 Å². The molecule has 1 atom stereocenters. The van der Waals surface area contributed by atoms with Crippen molar-refractivity contribution < 1.29 is 9.90 Å². The molecular weight excluding hydrogens is 445 g/mol. The van der Waals surface area contributed by atoms with Gasteiger partial charge in [-0.1, -0.05) is 36.4 Å². The molecule has 0 heterocycles. The molecule has 0 bridgehead atoms. The molecule has 0 aliphatic carbocycles. The summed E-state index contributed by atoms with van der Waals surface area (Å²) < 4.78 is 0. The molecule has 1 aromatic carbocycles. The van der Waals surface area contributed by atoms with Crippen LogP contribution in [0.2, 0.25) is 0 Å². The fraction of sp³-hybridized carbons (Fsp3) is 0.273. The Balaban J connectivity index is 0.00000196. The summed E-state index contributed by atoms with van der Waals surface area (Å²) in [5.74, 6) is -0.142. The van der Waals surface area contributed by atoms with Crippen molar-refractivity contribution in [3.05, 3.63) is 42.5 Å². The third kappa shape index (κ3) is 4.43. The Morgan fingerprint density at radius 1 is 1.47 bits per heavy atom. The Labute approximate surface area is 83.8 Å². The van der Waals surface area contributed by atoms with Crippen molar-refractivity contribution in [2.75, 3.05) is 0 Å². The number of carbonyl (C=O) groups excluding carboxylic acids is 1. The normalized spacial score (nSPS) is 11.3. The standard InChI is InChI=1S/C11H14NO2.Rf/c1-9(14)12-11(8-13)7-10-5-3-2-4-6-10;/h2-6,8,11,13H,7H2,1H3,(H,12,14);/q-1;/t11-;/m0./s1. The maximum absolute atomic E-state index is 10.8. The van der Waals surface area contributed by atoms with Gasteiger partial charge in [0.15, 0.2) is 0 Å². The Morgan fingerprint density at radius 2 is 2.07 bits per heavy atom. The van der Waals surface area contributed by atoms with E-state index in [0.29, 0.717) is 6.42 Å². The van der Waals surface area contributed by atoms with Gasteiger partial charge >= 0.3 is 0 Å². The Bertz CT molecular complexity index is 290. The predicted molar refractivity (Wildman–Crippen MR) is 54.0 cm³/mol. The maximum Gasteiger partial charge on any atom is 0.214 e. The molecule has 2 N–H and O–H groups in total. The van der Waals surface area contributed by atoms with E-state index in [4.69, 9.17) is 5.11 Å². The van der Waals surface area contributed by atoms with Crippen LogP contribution in [-0.2, 0) is 11.2 Å². The smallest absolute Gasteiger partial charge is 0.214 e. The van der Waals surface area contributed by atoms with E-state index >= 15 is 0 Å². The summed E-state index contributed by atoms with van der Waals surface area (Å²) in [5, 5.41) is 11.5. The zero-order valence-corrected chi connectivity index (χ0v) is 15.2. The van der Waals surface area contributed by atoms with E-state index in [-0.39, 0.29) is 11.9 Å². The molecule has 15 heavy (non-hydrogen) atoms. The molecule has 0 spiro atoms. The third-order valence-electron chi connectivity index (χ3n) is 1.87. The van der Waals surface area contributed by atoms with Crippen LogP contribution in [0.25, 0.3) is 0 Å². The van der Waals surface area contributed by atoms with Gasteiger partial charge in [-0.25, -0.2) is 0 Å². The molecule has 0 aliphatic rings. The Kier molecular flexibility index (Phi) is 5.19. The number of carbonyl (C=O) groups is 1. The molecule has 0 saturated heterocycles. The first-order chi connectivity index (χ1) is 6.72. The fourth-order valence-electron chi connectivity index (χ4n) is 1.27. The van der Waals surface area contributed by atoms with Gasteiger partial charge in [0.25, 0.3) is 0 Å². The molecule has 0 saturated carbocycles. The molecule has 3 nitrogen and oxygen atoms in total. The number of nitrogens with one attached hydrogen (secondary N) is 1. The van der Waals surface area contributed by atoms with E-state index < -0.39 is 0 Å². The summed E-state index contributed by atoms with van der Waals surface area (Å²) in [7, 11) is 0. The van der Waals surface area contributed by atoms with Crippen molar-refractivity contribution in [1.82, 2.24) is 5.32 Å². The first-order valence-corrected chi connectivity index (χ1v) is 4.51. The zero-order chi connectivity index (χ0) is 10.4. The van der Waals surface area contributed by atoms with E-state index in [1.165, 1.54) is 6.92 Å². The average molecular weight is 459 g/mol. The van der Waals surface area contributed by atoms with E-state index in [1.54, 1.807) is 0 Å². The minimum atomic E-state index is -0.310. The van der Waals surface area contributed by atoms with Crippen molar-refractivity contribution in [2.24, 2.45) is 0 Å². The summed E-state index contributed by atoms with van der Waals surface area (Å²) in [6, 6.07) is 9.39. The van der Waals surface area contributed by atoms with Crippen LogP contribution in [0, 0.1) is 6.61 Å². The number of aliphatic hydroxyl groups is 1. The number of amides is 1. The molecule has 0 unspecified atom stereocenters. The average Bonchev–Trinajstić information content (AvgIpc) is 2.17. The predicted octanol–water partition coefficient (Wildman–Crippen LogP) is 1.27. The van der Waals surface area contributed by atoms with Crippen molar-refractivity contribution in [3.8, 4) is 0 Å². The van der Waals surface area contributed by atoms with Gasteiger partial charge < -0.3 is 10.4 Å². The molecule has 0 fully saturated rings. The molecular formula is C11H14NO2Rf-. The van der Waals surface area contributed by atoms with Gasteiger partial charge in [0, 0.05) is 6.92 Å². The number of rotatable bonds is 4. The van der Waals surface area contributed by atoms with E-state index in [9.17, 15) is 4.79 Å². The van der Waals surface area contributed by atoms with E-state index in [2.05, 4.69) is 5.32 Å². The molecule has 1 rings (SSSR count). The summed E-state index contributed by atoms with van der Waals surface area (Å²) in [5.41, 5.74) is 1.08. The molecule has 0 aromatic heterocycles. The Morgan fingerprint density at radius 3 is 2.53 bits per heavy atom. The van der Waals surface area contributed by atoms with Gasteiger partial charge in [-0.05, 0) is 12.0 Å². The van der Waals surface area contributed by atoms with Crippen LogP contribution in [0.3, 0.4) is 0 Å². The molecule has 0 aliphatic heterocycles. The summed E-state index contributed by atoms with van der Waals surface area (Å²) in [6.45, 7) is 2.44. The number of aliphatic hydroxyl groups excluding tert-OH is 1. The van der Waals surface area contributed by atoms with Gasteiger partial charge in [0.2, 0.25) is 5.91 Å². The van der Waals surface area contributed by atoms with Gasteiger partial charge in [0.1, 0.15) is 0 Å². The second kappa shape index (κ2) is 6.16. The van der Waals surface area contributed by atoms with Crippen LogP contribution >= 0.6 is 0 Å². The largest absolute Gasteiger partial charge is 0.564 e. The van der Waals surface area contributed by atoms with Gasteiger partial charge in [-0.3, -0.25) is 4.79 Å². The second-order valence-electron chi connectivity index (χ2n) is 3.15. The molecule has 1 amide bonds. The first-order valence-electron chi connectivity index (χ1n) is 4.51. The second-order valence-corrected chi connectivity index (χ2v) is 3.15. The van der Waals surface area contributed by atoms with Crippen LogP contribution in [-0.4, -0.2) is 17.1 Å². The van der Waals surface area contributed by atoms with Crippen molar-refractivity contribution >= 4 is 5.91 Å². The SMILES string of the molecule is CC(=O)N[C@H]([CH-]O)Cc1ccccc1.[Rf]. The number of benzene rings is 1. The monoisotopic (exact) mass is 459 g/mol. The minimum Gasteiger partial charge on any atom is -0.564 e. The quantitative estimate of drug-likeness (QED) is 0.667. The van der Waals surface area contributed by atoms with Crippen LogP contribution in [0.5, 0.6) is 0 Å². The first kappa shape index (κ1) is 12.7. The molecule has 78 valence electrons. The van der Waals surface area contributed by atoms with Crippen molar-refractivity contribution in [3.63, 3.8) is 0 Å². The van der Waals surface area contributed by atoms with Crippen molar-refractivity contribution in [2.45, 2.75) is 19.4 Å². The van der Waals surface area contributed by atoms with Gasteiger partial charge in [0.05, 0.1) is 0 Å². The van der Waals surface area contributed by atoms with Gasteiger partial charge in [-0.2, -0.15) is 6.61 Å². The Hall–Kier alpha value is -2.35. The number of hydrogen-bond acceptors (Lipinski definition) is 2. The maximum atomic E-state index is 10.8.